The molecule has 0 aliphatic heterocycles. The molecular formula is C15H23Cl2NS. The normalized spacial score (nSPS) is 12.9. The van der Waals surface area contributed by atoms with Crippen LogP contribution >= 0.6 is 35.0 Å². The van der Waals surface area contributed by atoms with Crippen LogP contribution < -0.4 is 5.32 Å². The van der Waals surface area contributed by atoms with Gasteiger partial charge < -0.3 is 5.32 Å². The highest BCUT2D eigenvalue weighted by Gasteiger charge is 2.12. The quantitative estimate of drug-likeness (QED) is 0.731. The molecule has 1 nitrogen and oxygen atoms in total. The van der Waals surface area contributed by atoms with Crippen molar-refractivity contribution in [2.24, 2.45) is 5.92 Å². The maximum Gasteiger partial charge on any atom is 0.0624 e. The predicted molar refractivity (Wildman–Crippen MR) is 89.8 cm³/mol. The summed E-state index contributed by atoms with van der Waals surface area (Å²) in [5.74, 6) is 3.04. The summed E-state index contributed by atoms with van der Waals surface area (Å²) in [6.45, 7) is 7.62. The maximum atomic E-state index is 6.26. The first kappa shape index (κ1) is 17.2. The molecule has 1 aromatic carbocycles. The minimum Gasteiger partial charge on any atom is -0.313 e. The number of rotatable bonds is 8. The lowest BCUT2D eigenvalue weighted by molar-refractivity contribution is 0.572. The van der Waals surface area contributed by atoms with Crippen molar-refractivity contribution in [3.63, 3.8) is 0 Å². The summed E-state index contributed by atoms with van der Waals surface area (Å²) in [7, 11) is 0. The number of likely N-dealkylation sites (N-methyl/N-ethyl adjacent to an activating group) is 1. The topological polar surface area (TPSA) is 12.0 Å². The van der Waals surface area contributed by atoms with Gasteiger partial charge in [0, 0.05) is 11.8 Å². The van der Waals surface area contributed by atoms with E-state index >= 15 is 0 Å². The third kappa shape index (κ3) is 6.40. The molecule has 0 aliphatic rings. The fourth-order valence-electron chi connectivity index (χ4n) is 1.90. The highest BCUT2D eigenvalue weighted by atomic mass is 35.5. The third-order valence-electron chi connectivity index (χ3n) is 2.76. The molecule has 0 heterocycles. The molecule has 19 heavy (non-hydrogen) atoms. The van der Waals surface area contributed by atoms with Gasteiger partial charge in [-0.15, -0.1) is 0 Å². The minimum atomic E-state index is 0.449. The lowest BCUT2D eigenvalue weighted by atomic mass is 10.1. The van der Waals surface area contributed by atoms with E-state index in [2.05, 4.69) is 32.2 Å². The van der Waals surface area contributed by atoms with Crippen molar-refractivity contribution in [3.8, 4) is 0 Å². The number of hydrogen-bond acceptors (Lipinski definition) is 2. The van der Waals surface area contributed by atoms with Crippen molar-refractivity contribution >= 4 is 35.0 Å². The number of benzene rings is 1. The van der Waals surface area contributed by atoms with Crippen LogP contribution in [0.3, 0.4) is 0 Å². The lowest BCUT2D eigenvalue weighted by Gasteiger charge is -2.19. The number of thioether (sulfide) groups is 1. The highest BCUT2D eigenvalue weighted by Crippen LogP contribution is 2.26. The molecule has 0 saturated heterocycles. The molecule has 0 radical (unpaired) electrons. The lowest BCUT2D eigenvalue weighted by Crippen LogP contribution is -2.33. The molecule has 0 bridgehead atoms. The van der Waals surface area contributed by atoms with E-state index in [-0.39, 0.29) is 0 Å². The average molecular weight is 320 g/mol. The Bertz CT molecular complexity index is 382. The minimum absolute atomic E-state index is 0.449. The van der Waals surface area contributed by atoms with E-state index in [0.29, 0.717) is 16.1 Å². The van der Waals surface area contributed by atoms with Gasteiger partial charge >= 0.3 is 0 Å². The Morgan fingerprint density at radius 1 is 1.21 bits per heavy atom. The zero-order valence-electron chi connectivity index (χ0n) is 11.9. The second-order valence-electron chi connectivity index (χ2n) is 5.10. The van der Waals surface area contributed by atoms with E-state index in [9.17, 15) is 0 Å². The summed E-state index contributed by atoms with van der Waals surface area (Å²) >= 11 is 14.3. The zero-order valence-corrected chi connectivity index (χ0v) is 14.2. The van der Waals surface area contributed by atoms with Crippen molar-refractivity contribution in [2.45, 2.75) is 33.2 Å². The summed E-state index contributed by atoms with van der Waals surface area (Å²) in [5.41, 5.74) is 1.13. The first-order valence-corrected chi connectivity index (χ1v) is 8.69. The van der Waals surface area contributed by atoms with Gasteiger partial charge in [-0.2, -0.15) is 11.8 Å². The number of hydrogen-bond donors (Lipinski definition) is 1. The monoisotopic (exact) mass is 319 g/mol. The van der Waals surface area contributed by atoms with Crippen LogP contribution in [0.5, 0.6) is 0 Å². The second kappa shape index (κ2) is 9.12. The Balaban J connectivity index is 2.59. The van der Waals surface area contributed by atoms with Crippen LogP contribution in [0.4, 0.5) is 0 Å². The Hall–Kier alpha value is 0.110. The number of nitrogens with one attached hydrogen (secondary N) is 1. The first-order chi connectivity index (χ1) is 9.04. The highest BCUT2D eigenvalue weighted by molar-refractivity contribution is 7.99. The van der Waals surface area contributed by atoms with Gasteiger partial charge in [-0.05, 0) is 36.3 Å². The van der Waals surface area contributed by atoms with Gasteiger partial charge in [0.1, 0.15) is 0 Å². The molecular weight excluding hydrogens is 297 g/mol. The van der Waals surface area contributed by atoms with Gasteiger partial charge in [-0.1, -0.05) is 56.1 Å². The third-order valence-corrected chi connectivity index (χ3v) is 5.16. The molecule has 0 amide bonds. The largest absolute Gasteiger partial charge is 0.313 e. The molecule has 0 saturated carbocycles. The Labute approximate surface area is 131 Å². The van der Waals surface area contributed by atoms with Gasteiger partial charge in [-0.3, -0.25) is 0 Å². The Morgan fingerprint density at radius 2 is 1.95 bits per heavy atom. The average Bonchev–Trinajstić information content (AvgIpc) is 2.34. The summed E-state index contributed by atoms with van der Waals surface area (Å²) in [6, 6.07) is 6.31. The SMILES string of the molecule is CCNC(CSCC(C)C)Cc1cccc(Cl)c1Cl. The van der Waals surface area contributed by atoms with Crippen LogP contribution in [-0.4, -0.2) is 24.1 Å². The van der Waals surface area contributed by atoms with Crippen molar-refractivity contribution < 1.29 is 0 Å². The Kier molecular flexibility index (Phi) is 8.24. The van der Waals surface area contributed by atoms with Crippen LogP contribution in [0.15, 0.2) is 18.2 Å². The molecule has 1 rings (SSSR count). The van der Waals surface area contributed by atoms with Crippen LogP contribution in [0.2, 0.25) is 10.0 Å². The predicted octanol–water partition coefficient (Wildman–Crippen LogP) is 4.90. The fourth-order valence-corrected chi connectivity index (χ4v) is 3.42. The van der Waals surface area contributed by atoms with E-state index < -0.39 is 0 Å². The number of halogens is 2. The van der Waals surface area contributed by atoms with Crippen molar-refractivity contribution in [3.05, 3.63) is 33.8 Å². The summed E-state index contributed by atoms with van der Waals surface area (Å²) in [4.78, 5) is 0. The van der Waals surface area contributed by atoms with Crippen molar-refractivity contribution in [1.29, 1.82) is 0 Å². The molecule has 4 heteroatoms. The van der Waals surface area contributed by atoms with Gasteiger partial charge in [0.25, 0.3) is 0 Å². The summed E-state index contributed by atoms with van der Waals surface area (Å²) in [5, 5.41) is 4.87. The molecule has 0 aliphatic carbocycles. The van der Waals surface area contributed by atoms with E-state index in [4.69, 9.17) is 23.2 Å². The zero-order chi connectivity index (χ0) is 14.3. The molecule has 1 atom stereocenters. The van der Waals surface area contributed by atoms with Crippen LogP contribution in [0, 0.1) is 5.92 Å². The van der Waals surface area contributed by atoms with E-state index in [1.165, 1.54) is 5.75 Å². The molecule has 0 aromatic heterocycles. The van der Waals surface area contributed by atoms with Gasteiger partial charge in [-0.25, -0.2) is 0 Å². The standard InChI is InChI=1S/C15H23Cl2NS/c1-4-18-13(10-19-9-11(2)3)8-12-6-5-7-14(16)15(12)17/h5-7,11,13,18H,4,8-10H2,1-3H3. The maximum absolute atomic E-state index is 6.26. The van der Waals surface area contributed by atoms with Crippen LogP contribution in [0.1, 0.15) is 26.3 Å². The molecule has 1 unspecified atom stereocenters. The Morgan fingerprint density at radius 3 is 2.58 bits per heavy atom. The first-order valence-electron chi connectivity index (χ1n) is 6.78. The molecule has 1 aromatic rings. The molecule has 1 N–H and O–H groups in total. The van der Waals surface area contributed by atoms with E-state index in [1.54, 1.807) is 0 Å². The molecule has 108 valence electrons. The summed E-state index contributed by atoms with van der Waals surface area (Å²) < 4.78 is 0. The van der Waals surface area contributed by atoms with E-state index in [1.807, 2.05) is 23.9 Å². The van der Waals surface area contributed by atoms with Crippen molar-refractivity contribution in [2.75, 3.05) is 18.1 Å². The smallest absolute Gasteiger partial charge is 0.0624 e. The van der Waals surface area contributed by atoms with Gasteiger partial charge in [0.2, 0.25) is 0 Å². The van der Waals surface area contributed by atoms with Gasteiger partial charge in [0.05, 0.1) is 10.0 Å². The van der Waals surface area contributed by atoms with E-state index in [0.717, 1.165) is 30.2 Å². The van der Waals surface area contributed by atoms with Crippen LogP contribution in [0.25, 0.3) is 0 Å². The van der Waals surface area contributed by atoms with Crippen molar-refractivity contribution in [1.82, 2.24) is 5.32 Å². The molecule has 0 fully saturated rings. The molecule has 0 spiro atoms. The fraction of sp³-hybridized carbons (Fsp3) is 0.600. The second-order valence-corrected chi connectivity index (χ2v) is 6.96. The summed E-state index contributed by atoms with van der Waals surface area (Å²) in [6.07, 6.45) is 0.929. The van der Waals surface area contributed by atoms with Gasteiger partial charge in [0.15, 0.2) is 0 Å². The van der Waals surface area contributed by atoms with Crippen LogP contribution in [-0.2, 0) is 6.42 Å².